The summed E-state index contributed by atoms with van der Waals surface area (Å²) in [5.41, 5.74) is 2.68. The lowest BCUT2D eigenvalue weighted by molar-refractivity contribution is 0.353. The molecule has 1 atom stereocenters. The van der Waals surface area contributed by atoms with E-state index >= 15 is 0 Å². The van der Waals surface area contributed by atoms with Crippen LogP contribution in [0.25, 0.3) is 0 Å². The Kier molecular flexibility index (Phi) is 3.53. The third-order valence-corrected chi connectivity index (χ3v) is 3.49. The van der Waals surface area contributed by atoms with Gasteiger partial charge in [-0.15, -0.1) is 11.6 Å². The maximum Gasteiger partial charge on any atom is 0.125 e. The monoisotopic (exact) mass is 224 g/mol. The van der Waals surface area contributed by atoms with Crippen molar-refractivity contribution in [2.24, 2.45) is 0 Å². The molecule has 2 rings (SSSR count). The van der Waals surface area contributed by atoms with E-state index in [1.807, 2.05) is 0 Å². The fraction of sp³-hybridized carbons (Fsp3) is 0.538. The smallest absolute Gasteiger partial charge is 0.125 e. The fourth-order valence-corrected chi connectivity index (χ4v) is 2.11. The van der Waals surface area contributed by atoms with Gasteiger partial charge in [-0.2, -0.15) is 0 Å². The second kappa shape index (κ2) is 4.89. The Balaban J connectivity index is 2.06. The summed E-state index contributed by atoms with van der Waals surface area (Å²) in [5, 5.41) is 0.294. The molecule has 1 aliphatic rings. The van der Waals surface area contributed by atoms with E-state index in [1.165, 1.54) is 11.1 Å². The van der Waals surface area contributed by atoms with E-state index in [-0.39, 0.29) is 0 Å². The van der Waals surface area contributed by atoms with Gasteiger partial charge >= 0.3 is 0 Å². The molecule has 1 heterocycles. The minimum atomic E-state index is 0.294. The molecule has 82 valence electrons. The highest BCUT2D eigenvalue weighted by Gasteiger charge is 2.15. The first-order valence-corrected chi connectivity index (χ1v) is 6.12. The molecule has 1 aromatic carbocycles. The van der Waals surface area contributed by atoms with Crippen molar-refractivity contribution < 1.29 is 4.74 Å². The number of hydrogen-bond acceptors (Lipinski definition) is 1. The zero-order valence-corrected chi connectivity index (χ0v) is 9.89. The van der Waals surface area contributed by atoms with Crippen molar-refractivity contribution in [1.82, 2.24) is 0 Å². The van der Waals surface area contributed by atoms with Crippen LogP contribution in [-0.4, -0.2) is 12.0 Å². The van der Waals surface area contributed by atoms with E-state index in [4.69, 9.17) is 16.3 Å². The predicted molar refractivity (Wildman–Crippen MR) is 63.9 cm³/mol. The minimum absolute atomic E-state index is 0.294. The summed E-state index contributed by atoms with van der Waals surface area (Å²) in [6.07, 6.45) is 4.17. The molecule has 2 heteroatoms. The largest absolute Gasteiger partial charge is 0.493 e. The van der Waals surface area contributed by atoms with Crippen LogP contribution in [0.1, 0.15) is 30.9 Å². The lowest BCUT2D eigenvalue weighted by Gasteiger charge is -2.09. The molecule has 15 heavy (non-hydrogen) atoms. The highest BCUT2D eigenvalue weighted by atomic mass is 35.5. The third kappa shape index (κ3) is 2.46. The van der Waals surface area contributed by atoms with Crippen LogP contribution >= 0.6 is 11.6 Å². The standard InChI is InChI=1S/C13H17ClO/c1-2-12(14)7-6-10-4-3-5-11-8-9-15-13(10)11/h3-5,12H,2,6-9H2,1H3. The van der Waals surface area contributed by atoms with Gasteiger partial charge in [-0.25, -0.2) is 0 Å². The molecule has 0 aromatic heterocycles. The average Bonchev–Trinajstić information content (AvgIpc) is 2.74. The number of para-hydroxylation sites is 1. The second-order valence-electron chi connectivity index (χ2n) is 4.05. The van der Waals surface area contributed by atoms with Crippen LogP contribution in [0.5, 0.6) is 5.75 Å². The van der Waals surface area contributed by atoms with Crippen molar-refractivity contribution in [1.29, 1.82) is 0 Å². The van der Waals surface area contributed by atoms with Crippen LogP contribution in [0.15, 0.2) is 18.2 Å². The summed E-state index contributed by atoms with van der Waals surface area (Å²) < 4.78 is 5.65. The molecule has 0 saturated heterocycles. The van der Waals surface area contributed by atoms with Gasteiger partial charge < -0.3 is 4.74 Å². The molecule has 0 aliphatic carbocycles. The quantitative estimate of drug-likeness (QED) is 0.711. The van der Waals surface area contributed by atoms with Crippen LogP contribution in [0.4, 0.5) is 0 Å². The number of halogens is 1. The Morgan fingerprint density at radius 2 is 2.33 bits per heavy atom. The van der Waals surface area contributed by atoms with Gasteiger partial charge in [0.25, 0.3) is 0 Å². The van der Waals surface area contributed by atoms with E-state index in [2.05, 4.69) is 25.1 Å². The minimum Gasteiger partial charge on any atom is -0.493 e. The second-order valence-corrected chi connectivity index (χ2v) is 4.67. The zero-order chi connectivity index (χ0) is 10.7. The summed E-state index contributed by atoms with van der Waals surface area (Å²) in [5.74, 6) is 1.12. The Hall–Kier alpha value is -0.690. The summed E-state index contributed by atoms with van der Waals surface area (Å²) in [6.45, 7) is 2.97. The molecular weight excluding hydrogens is 208 g/mol. The Morgan fingerprint density at radius 3 is 3.13 bits per heavy atom. The van der Waals surface area contributed by atoms with Crippen LogP contribution in [-0.2, 0) is 12.8 Å². The van der Waals surface area contributed by atoms with Gasteiger partial charge in [0.2, 0.25) is 0 Å². The average molecular weight is 225 g/mol. The Labute approximate surface area is 96.4 Å². The van der Waals surface area contributed by atoms with Crippen molar-refractivity contribution >= 4 is 11.6 Å². The molecule has 0 saturated carbocycles. The molecule has 1 aromatic rings. The van der Waals surface area contributed by atoms with Gasteiger partial charge in [0, 0.05) is 11.8 Å². The third-order valence-electron chi connectivity index (χ3n) is 2.97. The highest BCUT2D eigenvalue weighted by molar-refractivity contribution is 6.20. The molecule has 1 unspecified atom stereocenters. The molecule has 0 amide bonds. The first-order valence-electron chi connectivity index (χ1n) is 5.69. The summed E-state index contributed by atoms with van der Waals surface area (Å²) >= 11 is 6.13. The number of ether oxygens (including phenoxy) is 1. The molecule has 0 bridgehead atoms. The Bertz CT molecular complexity index is 335. The van der Waals surface area contributed by atoms with Crippen molar-refractivity contribution in [2.45, 2.75) is 38.0 Å². The molecule has 0 fully saturated rings. The lowest BCUT2D eigenvalue weighted by atomic mass is 10.0. The van der Waals surface area contributed by atoms with Crippen LogP contribution in [0, 0.1) is 0 Å². The van der Waals surface area contributed by atoms with E-state index in [1.54, 1.807) is 0 Å². The highest BCUT2D eigenvalue weighted by Crippen LogP contribution is 2.30. The summed E-state index contributed by atoms with van der Waals surface area (Å²) in [4.78, 5) is 0. The van der Waals surface area contributed by atoms with Crippen molar-refractivity contribution in [3.05, 3.63) is 29.3 Å². The van der Waals surface area contributed by atoms with Gasteiger partial charge in [-0.1, -0.05) is 25.1 Å². The van der Waals surface area contributed by atoms with E-state index in [9.17, 15) is 0 Å². The van der Waals surface area contributed by atoms with E-state index in [0.29, 0.717) is 5.38 Å². The number of rotatable bonds is 4. The number of fused-ring (bicyclic) bond motifs is 1. The van der Waals surface area contributed by atoms with Gasteiger partial charge in [-0.3, -0.25) is 0 Å². The predicted octanol–water partition coefficient (Wildman–Crippen LogP) is 3.57. The zero-order valence-electron chi connectivity index (χ0n) is 9.13. The molecular formula is C13H17ClO. The number of aryl methyl sites for hydroxylation is 1. The van der Waals surface area contributed by atoms with Crippen molar-refractivity contribution in [2.75, 3.05) is 6.61 Å². The summed E-state index contributed by atoms with van der Waals surface area (Å²) in [7, 11) is 0. The summed E-state index contributed by atoms with van der Waals surface area (Å²) in [6, 6.07) is 6.44. The molecule has 0 spiro atoms. The van der Waals surface area contributed by atoms with Gasteiger partial charge in [-0.05, 0) is 30.4 Å². The molecule has 0 N–H and O–H groups in total. The van der Waals surface area contributed by atoms with E-state index < -0.39 is 0 Å². The topological polar surface area (TPSA) is 9.23 Å². The van der Waals surface area contributed by atoms with Gasteiger partial charge in [0.1, 0.15) is 5.75 Å². The maximum absolute atomic E-state index is 6.13. The molecule has 1 nitrogen and oxygen atoms in total. The maximum atomic E-state index is 6.13. The van der Waals surface area contributed by atoms with Crippen LogP contribution in [0.2, 0.25) is 0 Å². The van der Waals surface area contributed by atoms with E-state index in [0.717, 1.165) is 38.0 Å². The van der Waals surface area contributed by atoms with Crippen molar-refractivity contribution in [3.63, 3.8) is 0 Å². The molecule has 1 aliphatic heterocycles. The van der Waals surface area contributed by atoms with Gasteiger partial charge in [0.05, 0.1) is 6.61 Å². The first-order chi connectivity index (χ1) is 7.31. The number of alkyl halides is 1. The van der Waals surface area contributed by atoms with Gasteiger partial charge in [0.15, 0.2) is 0 Å². The van der Waals surface area contributed by atoms with Crippen molar-refractivity contribution in [3.8, 4) is 5.75 Å². The fourth-order valence-electron chi connectivity index (χ4n) is 2.00. The molecule has 0 radical (unpaired) electrons. The lowest BCUT2D eigenvalue weighted by Crippen LogP contribution is -2.00. The first kappa shape index (κ1) is 10.8. The SMILES string of the molecule is CCC(Cl)CCc1cccc2c1OCC2. The Morgan fingerprint density at radius 1 is 1.47 bits per heavy atom. The normalized spacial score (nSPS) is 15.9. The number of hydrogen-bond donors (Lipinski definition) is 0. The van der Waals surface area contributed by atoms with Crippen LogP contribution < -0.4 is 4.74 Å². The number of benzene rings is 1. The van der Waals surface area contributed by atoms with Crippen LogP contribution in [0.3, 0.4) is 0 Å².